The topological polar surface area (TPSA) is 120 Å². The molecule has 0 unspecified atom stereocenters. The van der Waals surface area contributed by atoms with E-state index < -0.39 is 41.9 Å². The molecule has 11 heteroatoms. The molecule has 0 aliphatic carbocycles. The third-order valence-electron chi connectivity index (χ3n) is 3.09. The van der Waals surface area contributed by atoms with E-state index in [2.05, 4.69) is 9.44 Å². The van der Waals surface area contributed by atoms with Gasteiger partial charge in [-0.3, -0.25) is 0 Å². The number of hydrogen-bond acceptors (Lipinski definition) is 7. The van der Waals surface area contributed by atoms with E-state index in [1.807, 2.05) is 0 Å². The summed E-state index contributed by atoms with van der Waals surface area (Å²) in [5, 5.41) is 0. The van der Waals surface area contributed by atoms with Gasteiger partial charge in [-0.1, -0.05) is 0 Å². The summed E-state index contributed by atoms with van der Waals surface area (Å²) in [5.41, 5.74) is 0. The molecule has 9 nitrogen and oxygen atoms in total. The van der Waals surface area contributed by atoms with E-state index in [9.17, 15) is 16.8 Å². The number of benzene rings is 1. The number of sulfonamides is 2. The molecule has 0 bridgehead atoms. The normalized spacial score (nSPS) is 12.5. The lowest BCUT2D eigenvalue weighted by molar-refractivity contribution is 0.315. The second kappa shape index (κ2) is 8.42. The van der Waals surface area contributed by atoms with Crippen molar-refractivity contribution < 1.29 is 31.0 Å². The Hall–Kier alpha value is -1.56. The van der Waals surface area contributed by atoms with Crippen LogP contribution in [0.2, 0.25) is 0 Å². The van der Waals surface area contributed by atoms with Crippen molar-refractivity contribution in [2.45, 2.75) is 49.6 Å². The molecule has 0 amide bonds. The predicted molar refractivity (Wildman–Crippen MR) is 97.0 cm³/mol. The smallest absolute Gasteiger partial charge is 0.246 e. The molecule has 26 heavy (non-hydrogen) atoms. The van der Waals surface area contributed by atoms with Crippen LogP contribution < -0.4 is 23.7 Å². The summed E-state index contributed by atoms with van der Waals surface area (Å²) in [6.07, 6.45) is 0. The molecular weight excluding hydrogens is 384 g/mol. The molecular formula is C15H26N2O7S2. The highest BCUT2D eigenvalue weighted by atomic mass is 32.2. The molecule has 0 aliphatic rings. The van der Waals surface area contributed by atoms with Gasteiger partial charge in [0.05, 0.1) is 21.3 Å². The number of hydrogen-bond donors (Lipinski definition) is 2. The highest BCUT2D eigenvalue weighted by Crippen LogP contribution is 2.45. The van der Waals surface area contributed by atoms with Crippen LogP contribution in [-0.2, 0) is 20.0 Å². The molecule has 2 N–H and O–H groups in total. The lowest BCUT2D eigenvalue weighted by Gasteiger charge is -2.21. The molecule has 0 atom stereocenters. The highest BCUT2D eigenvalue weighted by Gasteiger charge is 2.35. The summed E-state index contributed by atoms with van der Waals surface area (Å²) in [6, 6.07) is 0.181. The summed E-state index contributed by atoms with van der Waals surface area (Å²) in [6.45, 7) is 6.47. The number of nitrogens with one attached hydrogen (secondary N) is 2. The number of methoxy groups -OCH3 is 3. The van der Waals surface area contributed by atoms with Crippen molar-refractivity contribution in [3.05, 3.63) is 6.07 Å². The van der Waals surface area contributed by atoms with Crippen molar-refractivity contribution in [3.8, 4) is 17.2 Å². The monoisotopic (exact) mass is 410 g/mol. The Morgan fingerprint density at radius 3 is 1.62 bits per heavy atom. The van der Waals surface area contributed by atoms with Gasteiger partial charge in [-0.05, 0) is 27.7 Å². The van der Waals surface area contributed by atoms with Crippen LogP contribution in [0.15, 0.2) is 15.9 Å². The van der Waals surface area contributed by atoms with Crippen LogP contribution in [0.5, 0.6) is 17.2 Å². The Kier molecular flexibility index (Phi) is 7.28. The second-order valence-electron chi connectivity index (χ2n) is 6.02. The van der Waals surface area contributed by atoms with Crippen molar-refractivity contribution in [3.63, 3.8) is 0 Å². The second-order valence-corrected chi connectivity index (χ2v) is 9.36. The van der Waals surface area contributed by atoms with E-state index in [0.717, 1.165) is 6.07 Å². The van der Waals surface area contributed by atoms with Gasteiger partial charge in [0.2, 0.25) is 25.8 Å². The fourth-order valence-electron chi connectivity index (χ4n) is 2.30. The van der Waals surface area contributed by atoms with Crippen LogP contribution in [0.3, 0.4) is 0 Å². The van der Waals surface area contributed by atoms with E-state index in [-0.39, 0.29) is 17.2 Å². The van der Waals surface area contributed by atoms with Crippen LogP contribution in [0, 0.1) is 0 Å². The Morgan fingerprint density at radius 2 is 1.23 bits per heavy atom. The molecule has 0 spiro atoms. The first-order valence-corrected chi connectivity index (χ1v) is 10.8. The minimum atomic E-state index is -4.24. The zero-order chi connectivity index (χ0) is 20.3. The van der Waals surface area contributed by atoms with Gasteiger partial charge in [-0.25, -0.2) is 26.3 Å². The first kappa shape index (κ1) is 22.5. The van der Waals surface area contributed by atoms with Crippen molar-refractivity contribution in [2.75, 3.05) is 21.3 Å². The molecule has 0 aliphatic heterocycles. The molecule has 0 heterocycles. The summed E-state index contributed by atoms with van der Waals surface area (Å²) in [7, 11) is -4.59. The van der Waals surface area contributed by atoms with Gasteiger partial charge >= 0.3 is 0 Å². The standard InChI is InChI=1S/C15H26N2O7S2/c1-9(2)16-25(18,19)12-8-11(22-5)13(23-6)14(24-7)15(12)26(20,21)17-10(3)4/h8-10,16-17H,1-7H3. The van der Waals surface area contributed by atoms with Crippen LogP contribution in [0.1, 0.15) is 27.7 Å². The molecule has 1 aromatic rings. The van der Waals surface area contributed by atoms with E-state index in [1.165, 1.54) is 21.3 Å². The van der Waals surface area contributed by atoms with Crippen molar-refractivity contribution >= 4 is 20.0 Å². The molecule has 0 fully saturated rings. The lowest BCUT2D eigenvalue weighted by Crippen LogP contribution is -2.35. The molecule has 0 saturated carbocycles. The summed E-state index contributed by atoms with van der Waals surface area (Å²) in [4.78, 5) is -1.03. The van der Waals surface area contributed by atoms with Crippen LogP contribution in [-0.4, -0.2) is 50.2 Å². The Morgan fingerprint density at radius 1 is 0.769 bits per heavy atom. The maximum atomic E-state index is 12.9. The predicted octanol–water partition coefficient (Wildman–Crippen LogP) is 1.09. The van der Waals surface area contributed by atoms with E-state index in [1.54, 1.807) is 27.7 Å². The number of rotatable bonds is 9. The summed E-state index contributed by atoms with van der Waals surface area (Å²) in [5.74, 6) is -0.260. The molecule has 150 valence electrons. The molecule has 0 aromatic heterocycles. The maximum Gasteiger partial charge on any atom is 0.246 e. The Balaban J connectivity index is 4.00. The van der Waals surface area contributed by atoms with Crippen LogP contribution in [0.4, 0.5) is 0 Å². The zero-order valence-corrected chi connectivity index (χ0v) is 17.5. The highest BCUT2D eigenvalue weighted by molar-refractivity contribution is 7.92. The fourth-order valence-corrected chi connectivity index (χ4v) is 5.79. The fraction of sp³-hybridized carbons (Fsp3) is 0.600. The first-order chi connectivity index (χ1) is 11.9. The first-order valence-electron chi connectivity index (χ1n) is 7.78. The van der Waals surface area contributed by atoms with Gasteiger partial charge in [-0.15, -0.1) is 0 Å². The molecule has 0 saturated heterocycles. The van der Waals surface area contributed by atoms with Crippen molar-refractivity contribution in [2.24, 2.45) is 0 Å². The summed E-state index contributed by atoms with van der Waals surface area (Å²) >= 11 is 0. The molecule has 1 rings (SSSR count). The molecule has 0 radical (unpaired) electrons. The van der Waals surface area contributed by atoms with Gasteiger partial charge in [0.25, 0.3) is 0 Å². The lowest BCUT2D eigenvalue weighted by atomic mass is 10.3. The van der Waals surface area contributed by atoms with Gasteiger partial charge in [-0.2, -0.15) is 0 Å². The van der Waals surface area contributed by atoms with E-state index >= 15 is 0 Å². The summed E-state index contributed by atoms with van der Waals surface area (Å²) < 4.78 is 71.6. The Labute approximate surface area is 155 Å². The van der Waals surface area contributed by atoms with Crippen molar-refractivity contribution in [1.82, 2.24) is 9.44 Å². The minimum absolute atomic E-state index is 0.0250. The minimum Gasteiger partial charge on any atom is -0.493 e. The van der Waals surface area contributed by atoms with Gasteiger partial charge in [0.15, 0.2) is 11.5 Å². The quantitative estimate of drug-likeness (QED) is 0.625. The van der Waals surface area contributed by atoms with E-state index in [4.69, 9.17) is 14.2 Å². The zero-order valence-electron chi connectivity index (χ0n) is 15.9. The van der Waals surface area contributed by atoms with Gasteiger partial charge in [0, 0.05) is 18.2 Å². The SMILES string of the molecule is COc1cc(S(=O)(=O)NC(C)C)c(S(=O)(=O)NC(C)C)c(OC)c1OC. The van der Waals surface area contributed by atoms with Crippen molar-refractivity contribution in [1.29, 1.82) is 0 Å². The average molecular weight is 411 g/mol. The van der Waals surface area contributed by atoms with Crippen LogP contribution >= 0.6 is 0 Å². The van der Waals surface area contributed by atoms with Gasteiger partial charge < -0.3 is 14.2 Å². The molecule has 1 aromatic carbocycles. The maximum absolute atomic E-state index is 12.9. The Bertz CT molecular complexity index is 847. The van der Waals surface area contributed by atoms with E-state index in [0.29, 0.717) is 0 Å². The number of ether oxygens (including phenoxy) is 3. The van der Waals surface area contributed by atoms with Gasteiger partial charge in [0.1, 0.15) is 9.79 Å². The third kappa shape index (κ3) is 4.78. The third-order valence-corrected chi connectivity index (χ3v) is 6.63. The van der Waals surface area contributed by atoms with Crippen LogP contribution in [0.25, 0.3) is 0 Å². The average Bonchev–Trinajstić information content (AvgIpc) is 2.49. The largest absolute Gasteiger partial charge is 0.493 e.